The van der Waals surface area contributed by atoms with Gasteiger partial charge in [-0.2, -0.15) is 0 Å². The van der Waals surface area contributed by atoms with Gasteiger partial charge in [0.05, 0.1) is 18.0 Å². The molecule has 9 heteroatoms. The molecule has 0 saturated heterocycles. The van der Waals surface area contributed by atoms with E-state index in [1.54, 1.807) is 35.6 Å². The van der Waals surface area contributed by atoms with Crippen molar-refractivity contribution in [3.8, 4) is 0 Å². The first-order valence-corrected chi connectivity index (χ1v) is 13.4. The molecule has 1 aliphatic rings. The van der Waals surface area contributed by atoms with Crippen LogP contribution in [0.2, 0.25) is 0 Å². The zero-order chi connectivity index (χ0) is 22.9. The molecule has 168 valence electrons. The van der Waals surface area contributed by atoms with Crippen molar-refractivity contribution in [3.63, 3.8) is 0 Å². The highest BCUT2D eigenvalue weighted by molar-refractivity contribution is 8.00. The van der Waals surface area contributed by atoms with E-state index >= 15 is 0 Å². The fraction of sp³-hybridized carbons (Fsp3) is 0.391. The van der Waals surface area contributed by atoms with Crippen LogP contribution < -0.4 is 5.32 Å². The van der Waals surface area contributed by atoms with Crippen molar-refractivity contribution in [1.29, 1.82) is 0 Å². The van der Waals surface area contributed by atoms with E-state index in [4.69, 9.17) is 14.7 Å². The third-order valence-electron chi connectivity index (χ3n) is 5.63. The molecule has 0 unspecified atom stereocenters. The van der Waals surface area contributed by atoms with E-state index in [-0.39, 0.29) is 23.0 Å². The van der Waals surface area contributed by atoms with E-state index < -0.39 is 0 Å². The van der Waals surface area contributed by atoms with Crippen LogP contribution in [0.1, 0.15) is 48.0 Å². The number of anilines is 1. The molecule has 0 aliphatic carbocycles. The standard InChI is InChI=1S/C23H25N3O3S3/c1-5-23(3)10-16-17(11-29-23)32-21-19(16)20(25-22(26-21)30-4)31-12-18(28)24-15-8-6-14(7-9-15)13(2)27/h6-9H,5,10-12H2,1-4H3,(H,24,28)/t23-/m1/s1. The molecule has 0 spiro atoms. The molecule has 4 rings (SSSR count). The second-order valence-electron chi connectivity index (χ2n) is 7.94. The van der Waals surface area contributed by atoms with E-state index in [2.05, 4.69) is 19.2 Å². The molecule has 3 heterocycles. The smallest absolute Gasteiger partial charge is 0.234 e. The number of nitrogens with one attached hydrogen (secondary N) is 1. The van der Waals surface area contributed by atoms with Gasteiger partial charge in [-0.15, -0.1) is 11.3 Å². The largest absolute Gasteiger partial charge is 0.369 e. The van der Waals surface area contributed by atoms with Crippen LogP contribution in [0.5, 0.6) is 0 Å². The zero-order valence-corrected chi connectivity index (χ0v) is 20.9. The molecule has 0 bridgehead atoms. The highest BCUT2D eigenvalue weighted by Crippen LogP contribution is 2.43. The number of benzene rings is 1. The number of ketones is 1. The van der Waals surface area contributed by atoms with E-state index in [0.717, 1.165) is 28.1 Å². The zero-order valence-electron chi connectivity index (χ0n) is 18.5. The average molecular weight is 488 g/mol. The lowest BCUT2D eigenvalue weighted by molar-refractivity contribution is -0.113. The van der Waals surface area contributed by atoms with Crippen LogP contribution in [0.15, 0.2) is 34.4 Å². The Balaban J connectivity index is 1.56. The molecule has 1 N–H and O–H groups in total. The Morgan fingerprint density at radius 2 is 2.00 bits per heavy atom. The molecule has 2 aromatic heterocycles. The third-order valence-corrected chi connectivity index (χ3v) is 8.25. The lowest BCUT2D eigenvalue weighted by Crippen LogP contribution is -2.33. The molecule has 0 fully saturated rings. The fourth-order valence-corrected chi connectivity index (χ4v) is 6.07. The Kier molecular flexibility index (Phi) is 6.90. The van der Waals surface area contributed by atoms with Crippen LogP contribution >= 0.6 is 34.9 Å². The van der Waals surface area contributed by atoms with Crippen molar-refractivity contribution in [2.45, 2.75) is 56.0 Å². The summed E-state index contributed by atoms with van der Waals surface area (Å²) in [6, 6.07) is 6.92. The van der Waals surface area contributed by atoms with Gasteiger partial charge in [-0.1, -0.05) is 30.4 Å². The molecule has 32 heavy (non-hydrogen) atoms. The molecular formula is C23H25N3O3S3. The normalized spacial score (nSPS) is 17.9. The van der Waals surface area contributed by atoms with Gasteiger partial charge in [0, 0.05) is 27.9 Å². The molecule has 1 aromatic carbocycles. The van der Waals surface area contributed by atoms with Gasteiger partial charge in [0.2, 0.25) is 5.91 Å². The predicted octanol–water partition coefficient (Wildman–Crippen LogP) is 5.59. The Morgan fingerprint density at radius 1 is 1.25 bits per heavy atom. The Morgan fingerprint density at radius 3 is 2.66 bits per heavy atom. The number of hydrogen-bond donors (Lipinski definition) is 1. The van der Waals surface area contributed by atoms with E-state index in [1.807, 2.05) is 6.26 Å². The number of ether oxygens (including phenoxy) is 1. The lowest BCUT2D eigenvalue weighted by atomic mass is 9.90. The highest BCUT2D eigenvalue weighted by Gasteiger charge is 2.33. The van der Waals surface area contributed by atoms with Crippen molar-refractivity contribution in [2.75, 3.05) is 17.3 Å². The summed E-state index contributed by atoms with van der Waals surface area (Å²) < 4.78 is 6.12. The average Bonchev–Trinajstić information content (AvgIpc) is 3.15. The minimum atomic E-state index is -0.190. The van der Waals surface area contributed by atoms with Gasteiger partial charge >= 0.3 is 0 Å². The number of nitrogens with zero attached hydrogens (tertiary/aromatic N) is 2. The summed E-state index contributed by atoms with van der Waals surface area (Å²) in [4.78, 5) is 35.7. The van der Waals surface area contributed by atoms with Crippen molar-refractivity contribution < 1.29 is 14.3 Å². The van der Waals surface area contributed by atoms with E-state index in [9.17, 15) is 9.59 Å². The summed E-state index contributed by atoms with van der Waals surface area (Å²) in [5, 5.41) is 5.51. The maximum atomic E-state index is 12.6. The first kappa shape index (κ1) is 23.2. The van der Waals surface area contributed by atoms with Crippen LogP contribution in [0.4, 0.5) is 5.69 Å². The van der Waals surface area contributed by atoms with Crippen LogP contribution in [0.25, 0.3) is 10.2 Å². The molecule has 6 nitrogen and oxygen atoms in total. The van der Waals surface area contributed by atoms with Crippen LogP contribution in [0, 0.1) is 0 Å². The van der Waals surface area contributed by atoms with E-state index in [0.29, 0.717) is 23.0 Å². The maximum Gasteiger partial charge on any atom is 0.234 e. The molecule has 1 amide bonds. The van der Waals surface area contributed by atoms with Gasteiger partial charge in [-0.3, -0.25) is 9.59 Å². The molecular weight excluding hydrogens is 462 g/mol. The molecule has 0 radical (unpaired) electrons. The van der Waals surface area contributed by atoms with Crippen molar-refractivity contribution in [3.05, 3.63) is 40.3 Å². The summed E-state index contributed by atoms with van der Waals surface area (Å²) in [6.07, 6.45) is 3.71. The number of amides is 1. The van der Waals surface area contributed by atoms with Crippen LogP contribution in [-0.4, -0.2) is 39.3 Å². The first-order chi connectivity index (χ1) is 15.3. The number of thiophene rings is 1. The van der Waals surface area contributed by atoms with Gasteiger partial charge in [0.15, 0.2) is 10.9 Å². The minimum Gasteiger partial charge on any atom is -0.369 e. The number of fused-ring (bicyclic) bond motifs is 3. The first-order valence-electron chi connectivity index (χ1n) is 10.4. The molecule has 3 aromatic rings. The monoisotopic (exact) mass is 487 g/mol. The SMILES string of the molecule is CC[C@]1(C)Cc2c(sc3nc(SC)nc(SCC(=O)Nc4ccc(C(C)=O)cc4)c23)CO1. The number of aromatic nitrogens is 2. The summed E-state index contributed by atoms with van der Waals surface area (Å²) in [7, 11) is 0. The van der Waals surface area contributed by atoms with Gasteiger partial charge < -0.3 is 10.1 Å². The predicted molar refractivity (Wildman–Crippen MR) is 132 cm³/mol. The second-order valence-corrected chi connectivity index (χ2v) is 10.8. The van der Waals surface area contributed by atoms with Crippen molar-refractivity contribution >= 4 is 62.5 Å². The quantitative estimate of drug-likeness (QED) is 0.201. The summed E-state index contributed by atoms with van der Waals surface area (Å²) >= 11 is 4.60. The topological polar surface area (TPSA) is 81.2 Å². The summed E-state index contributed by atoms with van der Waals surface area (Å²) in [5.41, 5.74) is 2.36. The van der Waals surface area contributed by atoms with Crippen molar-refractivity contribution in [2.24, 2.45) is 0 Å². The number of carbonyl (C=O) groups is 2. The number of thioether (sulfide) groups is 2. The number of rotatable bonds is 7. The number of Topliss-reactive ketones (excluding diaryl/α,β-unsaturated/α-hetero) is 1. The Hall–Kier alpha value is -1.94. The van der Waals surface area contributed by atoms with Gasteiger partial charge in [0.1, 0.15) is 9.86 Å². The van der Waals surface area contributed by atoms with Gasteiger partial charge in [-0.25, -0.2) is 9.97 Å². The minimum absolute atomic E-state index is 0.000486. The molecule has 1 aliphatic heterocycles. The van der Waals surface area contributed by atoms with E-state index in [1.165, 1.54) is 40.9 Å². The molecule has 1 atom stereocenters. The Bertz CT molecular complexity index is 1180. The van der Waals surface area contributed by atoms with Crippen LogP contribution in [0.3, 0.4) is 0 Å². The highest BCUT2D eigenvalue weighted by atomic mass is 32.2. The summed E-state index contributed by atoms with van der Waals surface area (Å²) in [5.74, 6) is 0.119. The number of carbonyl (C=O) groups excluding carboxylic acids is 2. The Labute approximate surface area is 199 Å². The molecule has 0 saturated carbocycles. The lowest BCUT2D eigenvalue weighted by Gasteiger charge is -2.33. The van der Waals surface area contributed by atoms with Crippen molar-refractivity contribution in [1.82, 2.24) is 9.97 Å². The van der Waals surface area contributed by atoms with Crippen LogP contribution in [-0.2, 0) is 22.6 Å². The summed E-state index contributed by atoms with van der Waals surface area (Å²) in [6.45, 7) is 6.41. The van der Waals surface area contributed by atoms with Gasteiger partial charge in [0.25, 0.3) is 0 Å². The second kappa shape index (κ2) is 9.51. The fourth-order valence-electron chi connectivity index (χ4n) is 3.56. The third kappa shape index (κ3) is 4.85. The van der Waals surface area contributed by atoms with Gasteiger partial charge in [-0.05, 0) is 56.4 Å². The maximum absolute atomic E-state index is 12.6. The number of hydrogen-bond acceptors (Lipinski definition) is 8.